The van der Waals surface area contributed by atoms with Crippen LogP contribution in [0, 0.1) is 0 Å². The third kappa shape index (κ3) is 4.31. The van der Waals surface area contributed by atoms with E-state index in [4.69, 9.17) is 0 Å². The Kier molecular flexibility index (Phi) is 6.00. The van der Waals surface area contributed by atoms with E-state index >= 15 is 0 Å². The van der Waals surface area contributed by atoms with E-state index in [1.54, 1.807) is 0 Å². The van der Waals surface area contributed by atoms with Gasteiger partial charge in [0.1, 0.15) is 0 Å². The molecule has 0 aliphatic heterocycles. The van der Waals surface area contributed by atoms with E-state index in [0.717, 1.165) is 18.6 Å². The summed E-state index contributed by atoms with van der Waals surface area (Å²) in [5.41, 5.74) is 2.66. The first-order valence-corrected chi connectivity index (χ1v) is 8.34. The van der Waals surface area contributed by atoms with Crippen LogP contribution in [-0.2, 0) is 6.42 Å². The van der Waals surface area contributed by atoms with Crippen LogP contribution in [0.5, 0.6) is 0 Å². The second-order valence-corrected chi connectivity index (χ2v) is 6.17. The van der Waals surface area contributed by atoms with Crippen LogP contribution in [0.1, 0.15) is 25.8 Å². The van der Waals surface area contributed by atoms with Gasteiger partial charge in [-0.05, 0) is 36.3 Å². The number of thioether (sulfide) groups is 1. The minimum Gasteiger partial charge on any atom is -0.381 e. The molecule has 1 nitrogen and oxygen atoms in total. The molecule has 0 heterocycles. The highest BCUT2D eigenvalue weighted by molar-refractivity contribution is 7.99. The van der Waals surface area contributed by atoms with E-state index in [9.17, 15) is 0 Å². The Morgan fingerprint density at radius 1 is 0.950 bits per heavy atom. The van der Waals surface area contributed by atoms with Crippen molar-refractivity contribution < 1.29 is 0 Å². The molecule has 0 amide bonds. The Balaban J connectivity index is 2.06. The molecule has 20 heavy (non-hydrogen) atoms. The molecule has 0 fully saturated rings. The smallest absolute Gasteiger partial charge is 0.0480 e. The summed E-state index contributed by atoms with van der Waals surface area (Å²) in [7, 11) is 0. The summed E-state index contributed by atoms with van der Waals surface area (Å²) in [4.78, 5) is 1.35. The van der Waals surface area contributed by atoms with E-state index in [1.165, 1.54) is 16.1 Å². The Labute approximate surface area is 126 Å². The molecular weight excluding hydrogens is 262 g/mol. The van der Waals surface area contributed by atoms with Crippen LogP contribution in [0.25, 0.3) is 0 Å². The Hall–Kier alpha value is -1.41. The molecule has 0 bridgehead atoms. The molecule has 0 radical (unpaired) electrons. The fourth-order valence-electron chi connectivity index (χ4n) is 2.28. The van der Waals surface area contributed by atoms with Gasteiger partial charge in [-0.25, -0.2) is 0 Å². The lowest BCUT2D eigenvalue weighted by molar-refractivity contribution is 0.688. The largest absolute Gasteiger partial charge is 0.381 e. The number of hydrogen-bond acceptors (Lipinski definition) is 2. The summed E-state index contributed by atoms with van der Waals surface area (Å²) < 4.78 is 0. The van der Waals surface area contributed by atoms with Crippen molar-refractivity contribution in [2.45, 2.75) is 37.6 Å². The lowest BCUT2D eigenvalue weighted by Crippen LogP contribution is -2.21. The summed E-state index contributed by atoms with van der Waals surface area (Å²) in [5.74, 6) is 1.11. The quantitative estimate of drug-likeness (QED) is 0.699. The fourth-order valence-corrected chi connectivity index (χ4v) is 3.05. The highest BCUT2D eigenvalue weighted by atomic mass is 32.2. The van der Waals surface area contributed by atoms with E-state index in [1.807, 2.05) is 11.8 Å². The van der Waals surface area contributed by atoms with Gasteiger partial charge in [0.2, 0.25) is 0 Å². The zero-order valence-electron chi connectivity index (χ0n) is 12.3. The van der Waals surface area contributed by atoms with Crippen molar-refractivity contribution in [2.24, 2.45) is 0 Å². The summed E-state index contributed by atoms with van der Waals surface area (Å²) in [6.45, 7) is 4.44. The van der Waals surface area contributed by atoms with Crippen LogP contribution >= 0.6 is 11.8 Å². The molecule has 1 atom stereocenters. The number of rotatable bonds is 7. The van der Waals surface area contributed by atoms with E-state index < -0.39 is 0 Å². The molecule has 2 rings (SSSR count). The molecule has 2 aromatic rings. The van der Waals surface area contributed by atoms with Gasteiger partial charge in [0.25, 0.3) is 0 Å². The molecule has 0 spiro atoms. The SMILES string of the molecule is CCSc1ccccc1NC(CC)Cc1ccccc1. The molecular formula is C18H23NS. The molecule has 0 saturated carbocycles. The zero-order chi connectivity index (χ0) is 14.2. The Morgan fingerprint density at radius 2 is 1.65 bits per heavy atom. The van der Waals surface area contributed by atoms with Crippen LogP contribution in [0.4, 0.5) is 5.69 Å². The molecule has 0 saturated heterocycles. The van der Waals surface area contributed by atoms with Crippen LogP contribution < -0.4 is 5.32 Å². The van der Waals surface area contributed by atoms with Gasteiger partial charge in [0.05, 0.1) is 0 Å². The number of anilines is 1. The summed E-state index contributed by atoms with van der Waals surface area (Å²) in [6.07, 6.45) is 2.20. The molecule has 0 aromatic heterocycles. The second kappa shape index (κ2) is 8.01. The number of nitrogens with one attached hydrogen (secondary N) is 1. The maximum absolute atomic E-state index is 3.71. The van der Waals surface area contributed by atoms with Crippen LogP contribution in [0.15, 0.2) is 59.5 Å². The van der Waals surface area contributed by atoms with Gasteiger partial charge >= 0.3 is 0 Å². The first kappa shape index (κ1) is 15.0. The van der Waals surface area contributed by atoms with Gasteiger partial charge in [-0.1, -0.05) is 56.3 Å². The average Bonchev–Trinajstić information content (AvgIpc) is 2.50. The fraction of sp³-hybridized carbons (Fsp3) is 0.333. The lowest BCUT2D eigenvalue weighted by atomic mass is 10.0. The normalized spacial score (nSPS) is 12.1. The van der Waals surface area contributed by atoms with E-state index in [-0.39, 0.29) is 0 Å². The first-order valence-electron chi connectivity index (χ1n) is 7.35. The zero-order valence-corrected chi connectivity index (χ0v) is 13.1. The van der Waals surface area contributed by atoms with Gasteiger partial charge in [-0.2, -0.15) is 0 Å². The van der Waals surface area contributed by atoms with Gasteiger partial charge in [-0.3, -0.25) is 0 Å². The van der Waals surface area contributed by atoms with Crippen LogP contribution in [-0.4, -0.2) is 11.8 Å². The molecule has 2 aromatic carbocycles. The molecule has 1 N–H and O–H groups in total. The first-order chi connectivity index (χ1) is 9.83. The van der Waals surface area contributed by atoms with Crippen molar-refractivity contribution in [3.63, 3.8) is 0 Å². The van der Waals surface area contributed by atoms with Crippen molar-refractivity contribution in [1.82, 2.24) is 0 Å². The summed E-state index contributed by atoms with van der Waals surface area (Å²) in [6, 6.07) is 19.8. The van der Waals surface area contributed by atoms with Crippen LogP contribution in [0.3, 0.4) is 0 Å². The summed E-state index contributed by atoms with van der Waals surface area (Å²) in [5, 5.41) is 3.71. The maximum Gasteiger partial charge on any atom is 0.0480 e. The van der Waals surface area contributed by atoms with Gasteiger partial charge in [-0.15, -0.1) is 11.8 Å². The van der Waals surface area contributed by atoms with Crippen molar-refractivity contribution in [1.29, 1.82) is 0 Å². The molecule has 0 aliphatic carbocycles. The van der Waals surface area contributed by atoms with Crippen molar-refractivity contribution in [3.05, 3.63) is 60.2 Å². The van der Waals surface area contributed by atoms with E-state index in [2.05, 4.69) is 73.8 Å². The molecule has 2 heteroatoms. The monoisotopic (exact) mass is 285 g/mol. The topological polar surface area (TPSA) is 12.0 Å². The average molecular weight is 285 g/mol. The Bertz CT molecular complexity index is 510. The number of benzene rings is 2. The van der Waals surface area contributed by atoms with Gasteiger partial charge < -0.3 is 5.32 Å². The molecule has 0 aliphatic rings. The predicted octanol–water partition coefficient (Wildman–Crippen LogP) is 5.23. The maximum atomic E-state index is 3.71. The van der Waals surface area contributed by atoms with Crippen molar-refractivity contribution in [3.8, 4) is 0 Å². The van der Waals surface area contributed by atoms with Crippen LogP contribution in [0.2, 0.25) is 0 Å². The molecule has 1 unspecified atom stereocenters. The predicted molar refractivity (Wildman–Crippen MR) is 90.7 cm³/mol. The standard InChI is InChI=1S/C18H23NS/c1-3-16(14-15-10-6-5-7-11-15)19-17-12-8-9-13-18(17)20-4-2/h5-13,16,19H,3-4,14H2,1-2H3. The minimum atomic E-state index is 0.482. The number of para-hydroxylation sites is 1. The van der Waals surface area contributed by atoms with Crippen molar-refractivity contribution >= 4 is 17.4 Å². The Morgan fingerprint density at radius 3 is 2.35 bits per heavy atom. The van der Waals surface area contributed by atoms with E-state index in [0.29, 0.717) is 6.04 Å². The highest BCUT2D eigenvalue weighted by Crippen LogP contribution is 2.27. The highest BCUT2D eigenvalue weighted by Gasteiger charge is 2.09. The summed E-state index contributed by atoms with van der Waals surface area (Å²) >= 11 is 1.90. The van der Waals surface area contributed by atoms with Gasteiger partial charge in [0, 0.05) is 16.6 Å². The molecule has 106 valence electrons. The minimum absolute atomic E-state index is 0.482. The number of hydrogen-bond donors (Lipinski definition) is 1. The third-order valence-electron chi connectivity index (χ3n) is 3.36. The lowest BCUT2D eigenvalue weighted by Gasteiger charge is -2.20. The second-order valence-electron chi connectivity index (χ2n) is 4.87. The van der Waals surface area contributed by atoms with Gasteiger partial charge in [0.15, 0.2) is 0 Å². The van der Waals surface area contributed by atoms with Crippen molar-refractivity contribution in [2.75, 3.05) is 11.1 Å². The third-order valence-corrected chi connectivity index (χ3v) is 4.32.